The minimum absolute atomic E-state index is 0.0730. The second-order valence-corrected chi connectivity index (χ2v) is 5.91. The number of rotatable bonds is 1. The van der Waals surface area contributed by atoms with E-state index in [1.165, 1.54) is 0 Å². The quantitative estimate of drug-likeness (QED) is 0.388. The summed E-state index contributed by atoms with van der Waals surface area (Å²) in [5, 5.41) is 9.25. The molecule has 0 aliphatic heterocycles. The van der Waals surface area contributed by atoms with Gasteiger partial charge in [0.1, 0.15) is 17.2 Å². The van der Waals surface area contributed by atoms with E-state index in [0.717, 1.165) is 0 Å². The van der Waals surface area contributed by atoms with E-state index in [9.17, 15) is 0 Å². The summed E-state index contributed by atoms with van der Waals surface area (Å²) < 4.78 is 5.48. The van der Waals surface area contributed by atoms with Crippen molar-refractivity contribution < 1.29 is 4.74 Å². The highest BCUT2D eigenvalue weighted by molar-refractivity contribution is 7.80. The highest BCUT2D eigenvalue weighted by atomic mass is 32.1. The van der Waals surface area contributed by atoms with Crippen molar-refractivity contribution in [2.24, 2.45) is 5.41 Å². The third kappa shape index (κ3) is 7.10. The van der Waals surface area contributed by atoms with Crippen LogP contribution in [-0.2, 0) is 4.74 Å². The second-order valence-electron chi connectivity index (χ2n) is 5.54. The lowest BCUT2D eigenvalue weighted by atomic mass is 9.94. The van der Waals surface area contributed by atoms with E-state index >= 15 is 0 Å². The molecule has 0 aromatic carbocycles. The van der Waals surface area contributed by atoms with Gasteiger partial charge in [-0.05, 0) is 38.4 Å². The number of allylic oxidation sites excluding steroid dienone is 1. The van der Waals surface area contributed by atoms with Crippen molar-refractivity contribution in [2.45, 2.75) is 47.1 Å². The molecule has 0 bridgehead atoms. The van der Waals surface area contributed by atoms with Crippen LogP contribution < -0.4 is 0 Å². The van der Waals surface area contributed by atoms with E-state index in [2.05, 4.69) is 6.07 Å². The van der Waals surface area contributed by atoms with Crippen LogP contribution in [0.15, 0.2) is 11.6 Å². The maximum Gasteiger partial charge on any atom is 0.202 e. The highest BCUT2D eigenvalue weighted by Crippen LogP contribution is 2.20. The van der Waals surface area contributed by atoms with Crippen LogP contribution in [0.2, 0.25) is 0 Å². The summed E-state index contributed by atoms with van der Waals surface area (Å²) in [7, 11) is 0. The van der Waals surface area contributed by atoms with E-state index in [1.807, 2.05) is 47.6 Å². The topological polar surface area (TPSA) is 33.0 Å². The normalized spacial score (nSPS) is 13.3. The van der Waals surface area contributed by atoms with Crippen molar-refractivity contribution in [2.75, 3.05) is 0 Å². The van der Waals surface area contributed by atoms with Gasteiger partial charge in [0.25, 0.3) is 0 Å². The molecular weight excluding hydrogens is 206 g/mol. The standard InChI is InChI=1S/C12H19NOS/c1-11(2,3)7-9(8-13)10(15)14-12(4,5)6/h7H,1-6H3/b9-7+. The van der Waals surface area contributed by atoms with Crippen LogP contribution in [0, 0.1) is 16.7 Å². The molecule has 0 aliphatic carbocycles. The number of ether oxygens (including phenoxy) is 1. The molecule has 0 rings (SSSR count). The van der Waals surface area contributed by atoms with Crippen molar-refractivity contribution >= 4 is 17.3 Å². The van der Waals surface area contributed by atoms with Crippen LogP contribution in [0.1, 0.15) is 41.5 Å². The summed E-state index contributed by atoms with van der Waals surface area (Å²) in [6, 6.07) is 2.08. The first-order valence-electron chi connectivity index (χ1n) is 4.91. The van der Waals surface area contributed by atoms with Crippen LogP contribution in [0.25, 0.3) is 0 Å². The molecule has 0 saturated heterocycles. The maximum absolute atomic E-state index is 8.97. The number of nitrogens with zero attached hydrogens (tertiary/aromatic N) is 1. The first-order valence-corrected chi connectivity index (χ1v) is 5.32. The minimum atomic E-state index is -0.356. The van der Waals surface area contributed by atoms with E-state index in [1.54, 1.807) is 0 Å². The predicted molar refractivity (Wildman–Crippen MR) is 66.6 cm³/mol. The summed E-state index contributed by atoms with van der Waals surface area (Å²) in [5.74, 6) is 0. The lowest BCUT2D eigenvalue weighted by Gasteiger charge is -2.22. The van der Waals surface area contributed by atoms with Gasteiger partial charge in [0.2, 0.25) is 5.05 Å². The van der Waals surface area contributed by atoms with Gasteiger partial charge in [0.05, 0.1) is 0 Å². The minimum Gasteiger partial charge on any atom is -0.477 e. The van der Waals surface area contributed by atoms with Gasteiger partial charge in [-0.2, -0.15) is 5.26 Å². The molecule has 0 saturated carbocycles. The molecule has 0 aromatic rings. The Morgan fingerprint density at radius 1 is 1.20 bits per heavy atom. The Labute approximate surface area is 97.9 Å². The molecule has 0 amide bonds. The largest absolute Gasteiger partial charge is 0.477 e. The van der Waals surface area contributed by atoms with E-state index < -0.39 is 0 Å². The first-order chi connectivity index (χ1) is 6.55. The number of nitriles is 1. The van der Waals surface area contributed by atoms with E-state index in [4.69, 9.17) is 22.2 Å². The lowest BCUT2D eigenvalue weighted by Crippen LogP contribution is -2.24. The zero-order valence-electron chi connectivity index (χ0n) is 10.3. The van der Waals surface area contributed by atoms with Gasteiger partial charge in [-0.15, -0.1) is 0 Å². The summed E-state index contributed by atoms with van der Waals surface area (Å²) >= 11 is 5.08. The summed E-state index contributed by atoms with van der Waals surface area (Å²) in [4.78, 5) is 0. The first kappa shape index (κ1) is 14.1. The van der Waals surface area contributed by atoms with Crippen molar-refractivity contribution in [3.8, 4) is 6.07 Å². The average molecular weight is 225 g/mol. The van der Waals surface area contributed by atoms with E-state index in [0.29, 0.717) is 5.57 Å². The third-order valence-electron chi connectivity index (χ3n) is 1.32. The van der Waals surface area contributed by atoms with Crippen molar-refractivity contribution in [1.82, 2.24) is 0 Å². The zero-order chi connectivity index (χ0) is 12.3. The number of hydrogen-bond acceptors (Lipinski definition) is 3. The van der Waals surface area contributed by atoms with Gasteiger partial charge >= 0.3 is 0 Å². The highest BCUT2D eigenvalue weighted by Gasteiger charge is 2.18. The van der Waals surface area contributed by atoms with Gasteiger partial charge in [-0.3, -0.25) is 0 Å². The molecule has 2 nitrogen and oxygen atoms in total. The second kappa shape index (κ2) is 4.76. The maximum atomic E-state index is 8.97. The fourth-order valence-electron chi connectivity index (χ4n) is 0.903. The van der Waals surface area contributed by atoms with Crippen LogP contribution in [0.4, 0.5) is 0 Å². The molecule has 0 aromatic heterocycles. The Balaban J connectivity index is 4.82. The van der Waals surface area contributed by atoms with E-state index in [-0.39, 0.29) is 16.1 Å². The molecule has 84 valence electrons. The van der Waals surface area contributed by atoms with Gasteiger partial charge < -0.3 is 4.74 Å². The average Bonchev–Trinajstić information content (AvgIpc) is 1.94. The van der Waals surface area contributed by atoms with Crippen LogP contribution in [0.5, 0.6) is 0 Å². The Bertz CT molecular complexity index is 310. The van der Waals surface area contributed by atoms with Crippen molar-refractivity contribution in [3.05, 3.63) is 11.6 Å². The monoisotopic (exact) mass is 225 g/mol. The predicted octanol–water partition coefficient (Wildman–Crippen LogP) is 3.62. The van der Waals surface area contributed by atoms with Gasteiger partial charge in [0, 0.05) is 0 Å². The number of hydrogen-bond donors (Lipinski definition) is 0. The van der Waals surface area contributed by atoms with Gasteiger partial charge in [-0.1, -0.05) is 26.8 Å². The molecule has 0 radical (unpaired) electrons. The van der Waals surface area contributed by atoms with Crippen LogP contribution in [-0.4, -0.2) is 10.7 Å². The Kier molecular flexibility index (Phi) is 4.48. The molecule has 3 heteroatoms. The molecular formula is C12H19NOS. The summed E-state index contributed by atoms with van der Waals surface area (Å²) in [6.45, 7) is 11.8. The van der Waals surface area contributed by atoms with Crippen molar-refractivity contribution in [1.29, 1.82) is 5.26 Å². The van der Waals surface area contributed by atoms with Crippen molar-refractivity contribution in [3.63, 3.8) is 0 Å². The molecule has 0 fully saturated rings. The Morgan fingerprint density at radius 3 is 1.93 bits per heavy atom. The fraction of sp³-hybridized carbons (Fsp3) is 0.667. The molecule has 0 atom stereocenters. The smallest absolute Gasteiger partial charge is 0.202 e. The molecule has 0 N–H and O–H groups in total. The Hall–Kier alpha value is -0.880. The van der Waals surface area contributed by atoms with Gasteiger partial charge in [-0.25, -0.2) is 0 Å². The van der Waals surface area contributed by atoms with Crippen LogP contribution in [0.3, 0.4) is 0 Å². The molecule has 0 spiro atoms. The van der Waals surface area contributed by atoms with Gasteiger partial charge in [0.15, 0.2) is 0 Å². The molecule has 15 heavy (non-hydrogen) atoms. The molecule has 0 unspecified atom stereocenters. The summed E-state index contributed by atoms with van der Waals surface area (Å²) in [6.07, 6.45) is 1.83. The summed E-state index contributed by atoms with van der Waals surface area (Å²) in [5.41, 5.74) is 0.00814. The molecule has 0 aliphatic rings. The Morgan fingerprint density at radius 2 is 1.67 bits per heavy atom. The SMILES string of the molecule is CC(C)(C)/C=C(\C#N)C(=S)OC(C)(C)C. The number of thiocarbonyl (C=S) groups is 1. The third-order valence-corrected chi connectivity index (χ3v) is 1.62. The van der Waals surface area contributed by atoms with Crippen LogP contribution >= 0.6 is 12.2 Å². The fourth-order valence-corrected chi connectivity index (χ4v) is 1.26. The lowest BCUT2D eigenvalue weighted by molar-refractivity contribution is 0.122. The zero-order valence-corrected chi connectivity index (χ0v) is 11.2. The molecule has 0 heterocycles.